The van der Waals surface area contributed by atoms with Gasteiger partial charge in [-0.2, -0.15) is 0 Å². The number of rotatable bonds is 3. The quantitative estimate of drug-likeness (QED) is 0.930. The Hall–Kier alpha value is -0.580. The molecule has 1 aliphatic heterocycles. The highest BCUT2D eigenvalue weighted by atomic mass is 79.9. The molecule has 1 N–H and O–H groups in total. The van der Waals surface area contributed by atoms with Crippen LogP contribution in [0.2, 0.25) is 0 Å². The zero-order valence-corrected chi connectivity index (χ0v) is 11.4. The van der Waals surface area contributed by atoms with Crippen LogP contribution in [0.1, 0.15) is 37.9 Å². The van der Waals surface area contributed by atoms with Gasteiger partial charge in [0.1, 0.15) is 5.75 Å². The van der Waals surface area contributed by atoms with Crippen LogP contribution in [0.15, 0.2) is 22.7 Å². The molecule has 3 nitrogen and oxygen atoms in total. The third kappa shape index (κ3) is 3.44. The lowest BCUT2D eigenvalue weighted by Gasteiger charge is -2.24. The summed E-state index contributed by atoms with van der Waals surface area (Å²) in [6, 6.07) is 5.63. The van der Waals surface area contributed by atoms with Crippen molar-refractivity contribution in [3.05, 3.63) is 28.2 Å². The fourth-order valence-corrected chi connectivity index (χ4v) is 2.45. The lowest BCUT2D eigenvalue weighted by molar-refractivity contribution is -0.105. The van der Waals surface area contributed by atoms with Gasteiger partial charge in [-0.1, -0.05) is 15.9 Å². The fraction of sp³-hybridized carbons (Fsp3) is 0.538. The van der Waals surface area contributed by atoms with Crippen molar-refractivity contribution in [2.24, 2.45) is 0 Å². The predicted octanol–water partition coefficient (Wildman–Crippen LogP) is 3.41. The summed E-state index contributed by atoms with van der Waals surface area (Å²) in [6.45, 7) is 2.51. The molecule has 0 amide bonds. The maximum Gasteiger partial charge on any atom is 0.199 e. The molecule has 1 aromatic rings. The second kappa shape index (κ2) is 5.85. The molecular formula is C13H17BrO3. The van der Waals surface area contributed by atoms with Gasteiger partial charge in [0.15, 0.2) is 6.29 Å². The molecule has 1 saturated heterocycles. The predicted molar refractivity (Wildman–Crippen MR) is 69.0 cm³/mol. The van der Waals surface area contributed by atoms with Crippen molar-refractivity contribution in [2.45, 2.75) is 38.6 Å². The third-order valence-corrected chi connectivity index (χ3v) is 3.55. The van der Waals surface area contributed by atoms with E-state index in [2.05, 4.69) is 15.9 Å². The van der Waals surface area contributed by atoms with Crippen LogP contribution < -0.4 is 4.74 Å². The summed E-state index contributed by atoms with van der Waals surface area (Å²) in [5, 5.41) is 9.62. The maximum absolute atomic E-state index is 9.62. The smallest absolute Gasteiger partial charge is 0.199 e. The van der Waals surface area contributed by atoms with E-state index in [-0.39, 0.29) is 6.29 Å². The zero-order valence-electron chi connectivity index (χ0n) is 9.86. The van der Waals surface area contributed by atoms with Crippen molar-refractivity contribution >= 4 is 15.9 Å². The largest absolute Gasteiger partial charge is 0.465 e. The fourth-order valence-electron chi connectivity index (χ4n) is 1.87. The Labute approximate surface area is 110 Å². The number of halogens is 1. The van der Waals surface area contributed by atoms with Gasteiger partial charge in [0, 0.05) is 10.9 Å². The van der Waals surface area contributed by atoms with Crippen LogP contribution in [-0.4, -0.2) is 18.0 Å². The molecule has 0 bridgehead atoms. The molecule has 4 heteroatoms. The lowest BCUT2D eigenvalue weighted by atomic mass is 10.1. The molecule has 1 heterocycles. The molecule has 0 radical (unpaired) electrons. The van der Waals surface area contributed by atoms with Gasteiger partial charge in [-0.3, -0.25) is 0 Å². The average molecular weight is 301 g/mol. The zero-order chi connectivity index (χ0) is 12.3. The molecule has 0 spiro atoms. The number of benzene rings is 1. The summed E-state index contributed by atoms with van der Waals surface area (Å²) < 4.78 is 12.2. The van der Waals surface area contributed by atoms with E-state index in [1.807, 2.05) is 18.2 Å². The van der Waals surface area contributed by atoms with Crippen LogP contribution in [0.5, 0.6) is 5.75 Å². The molecule has 2 unspecified atom stereocenters. The highest BCUT2D eigenvalue weighted by molar-refractivity contribution is 9.10. The van der Waals surface area contributed by atoms with E-state index in [9.17, 15) is 5.11 Å². The molecule has 94 valence electrons. The lowest BCUT2D eigenvalue weighted by Crippen LogP contribution is -2.25. The van der Waals surface area contributed by atoms with Crippen molar-refractivity contribution in [1.82, 2.24) is 0 Å². The van der Waals surface area contributed by atoms with Gasteiger partial charge in [0.25, 0.3) is 0 Å². The first-order valence-corrected chi connectivity index (χ1v) is 6.72. The van der Waals surface area contributed by atoms with Crippen LogP contribution in [-0.2, 0) is 4.74 Å². The number of aliphatic hydroxyl groups is 1. The first-order chi connectivity index (χ1) is 8.16. The van der Waals surface area contributed by atoms with Crippen molar-refractivity contribution in [3.8, 4) is 5.75 Å². The summed E-state index contributed by atoms with van der Waals surface area (Å²) in [7, 11) is 0. The molecule has 2 atom stereocenters. The van der Waals surface area contributed by atoms with E-state index in [0.29, 0.717) is 0 Å². The van der Waals surface area contributed by atoms with Gasteiger partial charge >= 0.3 is 0 Å². The van der Waals surface area contributed by atoms with Gasteiger partial charge in [-0.25, -0.2) is 0 Å². The first-order valence-electron chi connectivity index (χ1n) is 5.92. The Morgan fingerprint density at radius 1 is 1.47 bits per heavy atom. The van der Waals surface area contributed by atoms with E-state index in [0.717, 1.165) is 41.7 Å². The van der Waals surface area contributed by atoms with E-state index in [1.165, 1.54) is 0 Å². The van der Waals surface area contributed by atoms with Gasteiger partial charge in [0.05, 0.1) is 12.7 Å². The van der Waals surface area contributed by atoms with Crippen molar-refractivity contribution in [1.29, 1.82) is 0 Å². The molecule has 1 aliphatic rings. The molecule has 1 fully saturated rings. The third-order valence-electron chi connectivity index (χ3n) is 2.82. The molecule has 0 aromatic heterocycles. The topological polar surface area (TPSA) is 38.7 Å². The molecule has 1 aromatic carbocycles. The minimum absolute atomic E-state index is 0.147. The van der Waals surface area contributed by atoms with Crippen LogP contribution in [0, 0.1) is 0 Å². The minimum atomic E-state index is -0.514. The normalized spacial score (nSPS) is 22.2. The highest BCUT2D eigenvalue weighted by Crippen LogP contribution is 2.29. The first kappa shape index (κ1) is 12.9. The van der Waals surface area contributed by atoms with E-state index < -0.39 is 6.10 Å². The van der Waals surface area contributed by atoms with Crippen LogP contribution >= 0.6 is 15.9 Å². The Balaban J connectivity index is 2.07. The van der Waals surface area contributed by atoms with E-state index in [1.54, 1.807) is 6.92 Å². The highest BCUT2D eigenvalue weighted by Gasteiger charge is 2.16. The Kier molecular flexibility index (Phi) is 4.42. The Morgan fingerprint density at radius 2 is 2.29 bits per heavy atom. The molecule has 0 saturated carbocycles. The minimum Gasteiger partial charge on any atom is -0.465 e. The second-order valence-electron chi connectivity index (χ2n) is 4.27. The van der Waals surface area contributed by atoms with Crippen LogP contribution in [0.4, 0.5) is 0 Å². The van der Waals surface area contributed by atoms with Crippen molar-refractivity contribution in [3.63, 3.8) is 0 Å². The molecular weight excluding hydrogens is 284 g/mol. The Bertz CT molecular complexity index is 373. The number of aliphatic hydroxyl groups excluding tert-OH is 1. The molecule has 17 heavy (non-hydrogen) atoms. The van der Waals surface area contributed by atoms with E-state index >= 15 is 0 Å². The number of ether oxygens (including phenoxy) is 2. The standard InChI is InChI=1S/C13H17BrO3/c1-9(15)11-8-10(5-6-12(11)14)17-13-4-2-3-7-16-13/h5-6,8-9,13,15H,2-4,7H2,1H3. The summed E-state index contributed by atoms with van der Waals surface area (Å²) in [5.74, 6) is 0.746. The summed E-state index contributed by atoms with van der Waals surface area (Å²) in [4.78, 5) is 0. The SMILES string of the molecule is CC(O)c1cc(OC2CCCCO2)ccc1Br. The molecule has 0 aliphatic carbocycles. The van der Waals surface area contributed by atoms with Gasteiger partial charge in [0.2, 0.25) is 0 Å². The summed E-state index contributed by atoms with van der Waals surface area (Å²) >= 11 is 3.41. The van der Waals surface area contributed by atoms with Crippen LogP contribution in [0.25, 0.3) is 0 Å². The van der Waals surface area contributed by atoms with E-state index in [4.69, 9.17) is 9.47 Å². The number of hydrogen-bond acceptors (Lipinski definition) is 3. The summed E-state index contributed by atoms with van der Waals surface area (Å²) in [5.41, 5.74) is 0.832. The van der Waals surface area contributed by atoms with Gasteiger partial charge in [-0.15, -0.1) is 0 Å². The Morgan fingerprint density at radius 3 is 2.94 bits per heavy atom. The molecule has 2 rings (SSSR count). The summed E-state index contributed by atoms with van der Waals surface area (Å²) in [6.07, 6.45) is 2.52. The van der Waals surface area contributed by atoms with Gasteiger partial charge < -0.3 is 14.6 Å². The average Bonchev–Trinajstić information content (AvgIpc) is 2.32. The van der Waals surface area contributed by atoms with Gasteiger partial charge in [-0.05, 0) is 43.5 Å². The maximum atomic E-state index is 9.62. The monoisotopic (exact) mass is 300 g/mol. The van der Waals surface area contributed by atoms with Crippen LogP contribution in [0.3, 0.4) is 0 Å². The van der Waals surface area contributed by atoms with Crippen molar-refractivity contribution in [2.75, 3.05) is 6.61 Å². The second-order valence-corrected chi connectivity index (χ2v) is 5.13. The van der Waals surface area contributed by atoms with Crippen molar-refractivity contribution < 1.29 is 14.6 Å². The number of hydrogen-bond donors (Lipinski definition) is 1.